The molecule has 0 saturated heterocycles. The summed E-state index contributed by atoms with van der Waals surface area (Å²) < 4.78 is 3.36. The molecule has 2 heterocycles. The van der Waals surface area contributed by atoms with Crippen LogP contribution in [0.15, 0.2) is 28.3 Å². The van der Waals surface area contributed by atoms with Crippen LogP contribution in [0.4, 0.5) is 0 Å². The van der Waals surface area contributed by atoms with Crippen LogP contribution in [0.1, 0.15) is 17.6 Å². The Morgan fingerprint density at radius 2 is 2.44 bits per heavy atom. The highest BCUT2D eigenvalue weighted by molar-refractivity contribution is 9.10. The number of nitrogens with zero attached hydrogens (tertiary/aromatic N) is 2. The van der Waals surface area contributed by atoms with Gasteiger partial charge in [0.25, 0.3) is 0 Å². The smallest absolute Gasteiger partial charge is 0.122 e. The van der Waals surface area contributed by atoms with E-state index >= 15 is 0 Å². The first kappa shape index (κ1) is 11.8. The van der Waals surface area contributed by atoms with Gasteiger partial charge in [-0.05, 0) is 33.9 Å². The highest BCUT2D eigenvalue weighted by Gasteiger charge is 2.06. The summed E-state index contributed by atoms with van der Waals surface area (Å²) in [5.74, 6) is 1.09. The van der Waals surface area contributed by atoms with Gasteiger partial charge in [0.2, 0.25) is 0 Å². The zero-order valence-corrected chi connectivity index (χ0v) is 11.5. The molecule has 5 heteroatoms. The van der Waals surface area contributed by atoms with Crippen molar-refractivity contribution in [3.63, 3.8) is 0 Å². The zero-order chi connectivity index (χ0) is 11.4. The molecule has 1 N–H and O–H groups in total. The Kier molecular flexibility index (Phi) is 4.15. The van der Waals surface area contributed by atoms with Gasteiger partial charge in [0.1, 0.15) is 5.82 Å². The second kappa shape index (κ2) is 5.61. The fourth-order valence-electron chi connectivity index (χ4n) is 1.48. The lowest BCUT2D eigenvalue weighted by Crippen LogP contribution is -2.16. The number of halogens is 1. The summed E-state index contributed by atoms with van der Waals surface area (Å²) in [5, 5.41) is 5.39. The first-order valence-corrected chi connectivity index (χ1v) is 6.91. The molecule has 3 nitrogen and oxygen atoms in total. The molecule has 2 rings (SSSR count). The van der Waals surface area contributed by atoms with Gasteiger partial charge in [0.05, 0.1) is 13.1 Å². The number of nitrogens with one attached hydrogen (secondary N) is 1. The SMILES string of the molecule is CCNCc1nccn1Cc1sccc1Br. The van der Waals surface area contributed by atoms with Crippen LogP contribution in [-0.2, 0) is 13.1 Å². The molecule has 86 valence electrons. The Labute approximate surface area is 108 Å². The highest BCUT2D eigenvalue weighted by atomic mass is 79.9. The summed E-state index contributed by atoms with van der Waals surface area (Å²) >= 11 is 5.31. The Hall–Kier alpha value is -0.650. The molecule has 2 aromatic rings. The minimum atomic E-state index is 0.826. The lowest BCUT2D eigenvalue weighted by atomic mass is 10.4. The molecule has 0 fully saturated rings. The number of rotatable bonds is 5. The second-order valence-corrected chi connectivity index (χ2v) is 5.30. The summed E-state index contributed by atoms with van der Waals surface area (Å²) in [4.78, 5) is 5.68. The van der Waals surface area contributed by atoms with Crippen molar-refractivity contribution in [3.05, 3.63) is 39.0 Å². The van der Waals surface area contributed by atoms with E-state index in [1.54, 1.807) is 11.3 Å². The Morgan fingerprint density at radius 3 is 3.12 bits per heavy atom. The molecule has 2 aromatic heterocycles. The Bertz CT molecular complexity index is 450. The number of hydrogen-bond donors (Lipinski definition) is 1. The maximum atomic E-state index is 4.35. The van der Waals surface area contributed by atoms with Gasteiger partial charge in [-0.15, -0.1) is 11.3 Å². The normalized spacial score (nSPS) is 10.9. The predicted molar refractivity (Wildman–Crippen MR) is 70.7 cm³/mol. The van der Waals surface area contributed by atoms with Crippen molar-refractivity contribution in [2.75, 3.05) is 6.54 Å². The number of thiophene rings is 1. The van der Waals surface area contributed by atoms with Gasteiger partial charge in [0, 0.05) is 21.7 Å². The van der Waals surface area contributed by atoms with Crippen LogP contribution in [0, 0.1) is 0 Å². The lowest BCUT2D eigenvalue weighted by molar-refractivity contribution is 0.641. The van der Waals surface area contributed by atoms with Gasteiger partial charge >= 0.3 is 0 Å². The van der Waals surface area contributed by atoms with Crippen molar-refractivity contribution in [3.8, 4) is 0 Å². The average Bonchev–Trinajstić information content (AvgIpc) is 2.87. The van der Waals surface area contributed by atoms with E-state index in [-0.39, 0.29) is 0 Å². The topological polar surface area (TPSA) is 29.9 Å². The van der Waals surface area contributed by atoms with E-state index in [2.05, 4.69) is 49.2 Å². The molecule has 0 amide bonds. The molecule has 0 spiro atoms. The highest BCUT2D eigenvalue weighted by Crippen LogP contribution is 2.23. The third-order valence-corrected chi connectivity index (χ3v) is 4.25. The summed E-state index contributed by atoms with van der Waals surface area (Å²) in [7, 11) is 0. The third kappa shape index (κ3) is 2.72. The molecule has 0 aromatic carbocycles. The van der Waals surface area contributed by atoms with Gasteiger partial charge in [-0.2, -0.15) is 0 Å². The monoisotopic (exact) mass is 299 g/mol. The Morgan fingerprint density at radius 1 is 1.56 bits per heavy atom. The van der Waals surface area contributed by atoms with E-state index in [0.29, 0.717) is 0 Å². The van der Waals surface area contributed by atoms with Crippen LogP contribution >= 0.6 is 27.3 Å². The maximum absolute atomic E-state index is 4.35. The minimum Gasteiger partial charge on any atom is -0.329 e. The molecular formula is C11H14BrN3S. The molecule has 0 bridgehead atoms. The lowest BCUT2D eigenvalue weighted by Gasteiger charge is -2.07. The van der Waals surface area contributed by atoms with Crippen LogP contribution in [0.5, 0.6) is 0 Å². The molecular weight excluding hydrogens is 286 g/mol. The van der Waals surface area contributed by atoms with E-state index < -0.39 is 0 Å². The van der Waals surface area contributed by atoms with Crippen molar-refractivity contribution in [2.45, 2.75) is 20.0 Å². The fourth-order valence-corrected chi connectivity index (χ4v) is 2.96. The maximum Gasteiger partial charge on any atom is 0.122 e. The molecule has 0 aliphatic rings. The van der Waals surface area contributed by atoms with E-state index in [0.717, 1.165) is 25.5 Å². The largest absolute Gasteiger partial charge is 0.329 e. The van der Waals surface area contributed by atoms with E-state index in [1.165, 1.54) is 9.35 Å². The number of imidazole rings is 1. The first-order chi connectivity index (χ1) is 7.81. The van der Waals surface area contributed by atoms with Crippen LogP contribution in [0.3, 0.4) is 0 Å². The average molecular weight is 300 g/mol. The van der Waals surface area contributed by atoms with E-state index in [4.69, 9.17) is 0 Å². The van der Waals surface area contributed by atoms with Gasteiger partial charge < -0.3 is 9.88 Å². The molecule has 0 aliphatic carbocycles. The van der Waals surface area contributed by atoms with Crippen molar-refractivity contribution >= 4 is 27.3 Å². The molecule has 0 saturated carbocycles. The standard InChI is InChI=1S/C11H14BrN3S/c1-2-13-7-11-14-4-5-15(11)8-10-9(12)3-6-16-10/h3-6,13H,2,7-8H2,1H3. The molecule has 0 atom stereocenters. The van der Waals surface area contributed by atoms with Gasteiger partial charge in [-0.25, -0.2) is 4.98 Å². The fraction of sp³-hybridized carbons (Fsp3) is 0.364. The molecule has 0 unspecified atom stereocenters. The number of aromatic nitrogens is 2. The van der Waals surface area contributed by atoms with Crippen LogP contribution < -0.4 is 5.32 Å². The minimum absolute atomic E-state index is 0.826. The van der Waals surface area contributed by atoms with Crippen molar-refractivity contribution in [2.24, 2.45) is 0 Å². The van der Waals surface area contributed by atoms with Crippen molar-refractivity contribution in [1.82, 2.24) is 14.9 Å². The quantitative estimate of drug-likeness (QED) is 0.920. The first-order valence-electron chi connectivity index (χ1n) is 5.24. The van der Waals surface area contributed by atoms with Crippen LogP contribution in [-0.4, -0.2) is 16.1 Å². The van der Waals surface area contributed by atoms with Crippen molar-refractivity contribution < 1.29 is 0 Å². The third-order valence-electron chi connectivity index (χ3n) is 2.34. The predicted octanol–water partition coefficient (Wildman–Crippen LogP) is 2.86. The van der Waals surface area contributed by atoms with Crippen LogP contribution in [0.2, 0.25) is 0 Å². The van der Waals surface area contributed by atoms with Gasteiger partial charge in [0.15, 0.2) is 0 Å². The van der Waals surface area contributed by atoms with Gasteiger partial charge in [-0.3, -0.25) is 0 Å². The molecule has 0 radical (unpaired) electrons. The summed E-state index contributed by atoms with van der Waals surface area (Å²) in [6.07, 6.45) is 3.88. The summed E-state index contributed by atoms with van der Waals surface area (Å²) in [6, 6.07) is 2.08. The van der Waals surface area contributed by atoms with Crippen molar-refractivity contribution in [1.29, 1.82) is 0 Å². The summed E-state index contributed by atoms with van der Waals surface area (Å²) in [5.41, 5.74) is 0. The van der Waals surface area contributed by atoms with Crippen LogP contribution in [0.25, 0.3) is 0 Å². The summed E-state index contributed by atoms with van der Waals surface area (Å²) in [6.45, 7) is 4.78. The van der Waals surface area contributed by atoms with E-state index in [9.17, 15) is 0 Å². The van der Waals surface area contributed by atoms with E-state index in [1.807, 2.05) is 12.4 Å². The van der Waals surface area contributed by atoms with Gasteiger partial charge in [-0.1, -0.05) is 6.92 Å². The molecule has 0 aliphatic heterocycles. The second-order valence-electron chi connectivity index (χ2n) is 3.44. The molecule has 16 heavy (non-hydrogen) atoms. The zero-order valence-electron chi connectivity index (χ0n) is 9.11. The number of hydrogen-bond acceptors (Lipinski definition) is 3. The Balaban J connectivity index is 2.09.